The summed E-state index contributed by atoms with van der Waals surface area (Å²) in [6, 6.07) is 12.3. The number of likely N-dealkylation sites (tertiary alicyclic amines) is 1. The molecule has 122 valence electrons. The van der Waals surface area contributed by atoms with E-state index in [9.17, 15) is 5.11 Å². The summed E-state index contributed by atoms with van der Waals surface area (Å²) in [4.78, 5) is 6.48. The van der Waals surface area contributed by atoms with Gasteiger partial charge in [0.2, 0.25) is 0 Å². The molecule has 2 aromatic rings. The first-order valence-electron chi connectivity index (χ1n) is 8.29. The Morgan fingerprint density at radius 1 is 1.13 bits per heavy atom. The van der Waals surface area contributed by atoms with Crippen molar-refractivity contribution in [1.82, 2.24) is 9.88 Å². The quantitative estimate of drug-likeness (QED) is 0.940. The van der Waals surface area contributed by atoms with Crippen LogP contribution in [0.25, 0.3) is 0 Å². The third-order valence-corrected chi connectivity index (χ3v) is 5.19. The minimum absolute atomic E-state index is 0.218. The lowest BCUT2D eigenvalue weighted by molar-refractivity contribution is -0.127. The smallest absolute Gasteiger partial charge is 0.124 e. The highest BCUT2D eigenvalue weighted by molar-refractivity contribution is 5.40. The van der Waals surface area contributed by atoms with E-state index >= 15 is 0 Å². The van der Waals surface area contributed by atoms with Gasteiger partial charge in [0.15, 0.2) is 0 Å². The van der Waals surface area contributed by atoms with E-state index in [-0.39, 0.29) is 5.41 Å². The molecule has 0 unspecified atom stereocenters. The van der Waals surface area contributed by atoms with Crippen LogP contribution in [0.3, 0.4) is 0 Å². The monoisotopic (exact) mass is 310 g/mol. The van der Waals surface area contributed by atoms with Gasteiger partial charge in [0.05, 0.1) is 0 Å². The van der Waals surface area contributed by atoms with Gasteiger partial charge in [-0.15, -0.1) is 0 Å². The molecule has 0 radical (unpaired) electrons. The number of aromatic nitrogens is 1. The summed E-state index contributed by atoms with van der Waals surface area (Å²) in [6.45, 7) is 8.26. The number of pyridine rings is 1. The molecule has 1 fully saturated rings. The maximum Gasteiger partial charge on any atom is 0.124 e. The van der Waals surface area contributed by atoms with Crippen LogP contribution in [0.15, 0.2) is 48.8 Å². The summed E-state index contributed by atoms with van der Waals surface area (Å²) in [5.41, 5.74) is 1.87. The predicted molar refractivity (Wildman–Crippen MR) is 93.4 cm³/mol. The predicted octanol–water partition coefficient (Wildman–Crippen LogP) is 3.39. The molecule has 1 aromatic carbocycles. The van der Waals surface area contributed by atoms with Crippen LogP contribution in [0.4, 0.5) is 0 Å². The van der Waals surface area contributed by atoms with Gasteiger partial charge in [-0.05, 0) is 30.2 Å². The van der Waals surface area contributed by atoms with Gasteiger partial charge in [-0.1, -0.05) is 51.1 Å². The lowest BCUT2D eigenvalue weighted by Crippen LogP contribution is -2.63. The number of rotatable bonds is 4. The third kappa shape index (κ3) is 2.58. The van der Waals surface area contributed by atoms with Gasteiger partial charge in [0, 0.05) is 36.5 Å². The van der Waals surface area contributed by atoms with Crippen molar-refractivity contribution in [3.05, 3.63) is 65.5 Å². The minimum atomic E-state index is -1.02. The molecule has 1 saturated heterocycles. The molecule has 0 bridgehead atoms. The van der Waals surface area contributed by atoms with Gasteiger partial charge in [-0.25, -0.2) is 0 Å². The zero-order valence-corrected chi connectivity index (χ0v) is 14.5. The molecule has 3 nitrogen and oxygen atoms in total. The summed E-state index contributed by atoms with van der Waals surface area (Å²) < 4.78 is 0. The Balaban J connectivity index is 2.09. The van der Waals surface area contributed by atoms with Gasteiger partial charge in [0.1, 0.15) is 5.60 Å². The van der Waals surface area contributed by atoms with Gasteiger partial charge in [-0.3, -0.25) is 4.98 Å². The molecular formula is C20H26N2O. The number of aliphatic hydroxyl groups is 1. The van der Waals surface area contributed by atoms with E-state index in [0.717, 1.165) is 24.2 Å². The van der Waals surface area contributed by atoms with E-state index < -0.39 is 5.60 Å². The van der Waals surface area contributed by atoms with Crippen molar-refractivity contribution in [1.29, 1.82) is 0 Å². The van der Waals surface area contributed by atoms with Gasteiger partial charge in [0.25, 0.3) is 0 Å². The largest absolute Gasteiger partial charge is 0.380 e. The Hall–Kier alpha value is -1.71. The zero-order valence-electron chi connectivity index (χ0n) is 14.5. The molecule has 1 aliphatic heterocycles. The van der Waals surface area contributed by atoms with Crippen LogP contribution in [-0.4, -0.2) is 35.1 Å². The number of hydrogen-bond donors (Lipinski definition) is 1. The number of benzene rings is 1. The van der Waals surface area contributed by atoms with Crippen LogP contribution in [0.2, 0.25) is 0 Å². The molecule has 0 saturated carbocycles. The van der Waals surface area contributed by atoms with E-state index in [1.165, 1.54) is 5.56 Å². The fourth-order valence-corrected chi connectivity index (χ4v) is 3.92. The highest BCUT2D eigenvalue weighted by atomic mass is 16.3. The SMILES string of the molecule is CC(C)c1ccc([C@](O)(c2cccnc2)C2(C)CN(C)C2)cc1. The van der Waals surface area contributed by atoms with Crippen molar-refractivity contribution in [3.63, 3.8) is 0 Å². The first-order chi connectivity index (χ1) is 10.9. The lowest BCUT2D eigenvalue weighted by atomic mass is 9.62. The van der Waals surface area contributed by atoms with Crippen molar-refractivity contribution < 1.29 is 5.11 Å². The third-order valence-electron chi connectivity index (χ3n) is 5.19. The molecule has 0 amide bonds. The molecule has 1 N–H and O–H groups in total. The van der Waals surface area contributed by atoms with E-state index in [1.54, 1.807) is 12.4 Å². The van der Waals surface area contributed by atoms with Gasteiger partial charge in [-0.2, -0.15) is 0 Å². The van der Waals surface area contributed by atoms with Crippen molar-refractivity contribution in [3.8, 4) is 0 Å². The molecule has 3 rings (SSSR count). The average molecular weight is 310 g/mol. The Morgan fingerprint density at radius 2 is 1.78 bits per heavy atom. The maximum absolute atomic E-state index is 11.8. The summed E-state index contributed by atoms with van der Waals surface area (Å²) in [5.74, 6) is 0.487. The van der Waals surface area contributed by atoms with Crippen molar-refractivity contribution in [2.75, 3.05) is 20.1 Å². The van der Waals surface area contributed by atoms with E-state index in [2.05, 4.69) is 62.0 Å². The topological polar surface area (TPSA) is 36.4 Å². The van der Waals surface area contributed by atoms with Crippen LogP contribution in [-0.2, 0) is 5.60 Å². The van der Waals surface area contributed by atoms with Gasteiger partial charge < -0.3 is 10.0 Å². The molecule has 23 heavy (non-hydrogen) atoms. The van der Waals surface area contributed by atoms with E-state index in [4.69, 9.17) is 0 Å². The highest BCUT2D eigenvalue weighted by Crippen LogP contribution is 2.49. The molecule has 1 aromatic heterocycles. The van der Waals surface area contributed by atoms with Crippen LogP contribution in [0.5, 0.6) is 0 Å². The van der Waals surface area contributed by atoms with Crippen LogP contribution >= 0.6 is 0 Å². The first-order valence-corrected chi connectivity index (χ1v) is 8.29. The molecule has 3 heteroatoms. The van der Waals surface area contributed by atoms with E-state index in [0.29, 0.717) is 5.92 Å². The molecule has 1 aliphatic rings. The standard InChI is InChI=1S/C20H26N2O/c1-15(2)16-7-9-17(10-8-16)20(23,18-6-5-11-21-12-18)19(3)13-22(4)14-19/h5-12,15,23H,13-14H2,1-4H3/t20-/m0/s1. The Kier molecular flexibility index (Phi) is 4.03. The average Bonchev–Trinajstić information content (AvgIpc) is 2.53. The lowest BCUT2D eigenvalue weighted by Gasteiger charge is -2.55. The fourth-order valence-electron chi connectivity index (χ4n) is 3.92. The minimum Gasteiger partial charge on any atom is -0.380 e. The summed E-state index contributed by atoms with van der Waals surface area (Å²) >= 11 is 0. The molecule has 0 spiro atoms. The molecule has 0 aliphatic carbocycles. The van der Waals surface area contributed by atoms with E-state index in [1.807, 2.05) is 12.1 Å². The van der Waals surface area contributed by atoms with Crippen LogP contribution in [0.1, 0.15) is 43.4 Å². The Morgan fingerprint density at radius 3 is 2.26 bits per heavy atom. The second-order valence-corrected chi connectivity index (χ2v) is 7.46. The number of hydrogen-bond acceptors (Lipinski definition) is 3. The summed E-state index contributed by atoms with van der Waals surface area (Å²) in [7, 11) is 2.09. The Labute approximate surface area is 139 Å². The molecular weight excluding hydrogens is 284 g/mol. The second-order valence-electron chi connectivity index (χ2n) is 7.46. The van der Waals surface area contributed by atoms with Crippen LogP contribution < -0.4 is 0 Å². The maximum atomic E-state index is 11.8. The fraction of sp³-hybridized carbons (Fsp3) is 0.450. The Bertz CT molecular complexity index is 660. The van der Waals surface area contributed by atoms with Crippen LogP contribution in [0, 0.1) is 5.41 Å². The number of nitrogens with zero attached hydrogens (tertiary/aromatic N) is 2. The normalized spacial score (nSPS) is 20.1. The van der Waals surface area contributed by atoms with Gasteiger partial charge >= 0.3 is 0 Å². The van der Waals surface area contributed by atoms with Crippen molar-refractivity contribution in [2.45, 2.75) is 32.3 Å². The summed E-state index contributed by atoms with van der Waals surface area (Å²) in [6.07, 6.45) is 3.54. The van der Waals surface area contributed by atoms with Crippen molar-refractivity contribution >= 4 is 0 Å². The molecule has 1 atom stereocenters. The molecule has 2 heterocycles. The van der Waals surface area contributed by atoms with Crippen molar-refractivity contribution in [2.24, 2.45) is 5.41 Å². The zero-order chi connectivity index (χ0) is 16.7. The summed E-state index contributed by atoms with van der Waals surface area (Å²) in [5, 5.41) is 11.8. The first kappa shape index (κ1) is 16.2. The highest BCUT2D eigenvalue weighted by Gasteiger charge is 2.55. The second kappa shape index (κ2) is 5.73.